The maximum absolute atomic E-state index is 13.6. The minimum absolute atomic E-state index is 0.0551. The van der Waals surface area contributed by atoms with Gasteiger partial charge in [-0.1, -0.05) is 26.7 Å². The van der Waals surface area contributed by atoms with Crippen LogP contribution in [0.1, 0.15) is 59.3 Å². The quantitative estimate of drug-likeness (QED) is 0.692. The van der Waals surface area contributed by atoms with Gasteiger partial charge in [-0.3, -0.25) is 0 Å². The minimum atomic E-state index is -1.42. The molecule has 2 fully saturated rings. The Morgan fingerprint density at radius 3 is 2.09 bits per heavy atom. The Balaban J connectivity index is 1.77. The number of ether oxygens (including phenoxy) is 2. The van der Waals surface area contributed by atoms with Crippen LogP contribution in [-0.2, 0) is 9.47 Å². The molecule has 3 atom stereocenters. The lowest BCUT2D eigenvalue weighted by Crippen LogP contribution is -2.41. The van der Waals surface area contributed by atoms with Gasteiger partial charge in [0.2, 0.25) is 0 Å². The van der Waals surface area contributed by atoms with Crippen molar-refractivity contribution in [2.24, 2.45) is 23.7 Å². The summed E-state index contributed by atoms with van der Waals surface area (Å²) >= 11 is 0. The van der Waals surface area contributed by atoms with Crippen LogP contribution in [0, 0.1) is 23.7 Å². The molecule has 0 spiro atoms. The summed E-state index contributed by atoms with van der Waals surface area (Å²) in [4.78, 5) is 0. The van der Waals surface area contributed by atoms with Crippen molar-refractivity contribution in [3.8, 4) is 0 Å². The van der Waals surface area contributed by atoms with E-state index in [9.17, 15) is 8.78 Å². The van der Waals surface area contributed by atoms with Gasteiger partial charge < -0.3 is 9.47 Å². The van der Waals surface area contributed by atoms with Gasteiger partial charge in [-0.05, 0) is 44.4 Å². The summed E-state index contributed by atoms with van der Waals surface area (Å²) in [6, 6.07) is 0. The molecule has 130 valence electrons. The van der Waals surface area contributed by atoms with Gasteiger partial charge in [-0.2, -0.15) is 0 Å². The molecule has 1 heterocycles. The third-order valence-corrected chi connectivity index (χ3v) is 5.61. The zero-order valence-corrected chi connectivity index (χ0v) is 14.3. The van der Waals surface area contributed by atoms with E-state index < -0.39 is 12.3 Å². The number of hydrogen-bond acceptors (Lipinski definition) is 2. The van der Waals surface area contributed by atoms with Crippen molar-refractivity contribution in [3.05, 3.63) is 0 Å². The van der Waals surface area contributed by atoms with Gasteiger partial charge in [-0.25, -0.2) is 8.78 Å². The molecule has 22 heavy (non-hydrogen) atoms. The van der Waals surface area contributed by atoms with Gasteiger partial charge in [0.1, 0.15) is 12.3 Å². The van der Waals surface area contributed by atoms with Crippen LogP contribution in [0.4, 0.5) is 8.78 Å². The summed E-state index contributed by atoms with van der Waals surface area (Å²) in [5.41, 5.74) is 0. The standard InChI is InChI=1S/C18H32F2O2/c1-4-14(9-17(20)13(3)19)18-21-10-16(11-22-18)15-7-5-12(2)6-8-15/h12-18H,4-11H2,1-3H3. The summed E-state index contributed by atoms with van der Waals surface area (Å²) in [7, 11) is 0. The van der Waals surface area contributed by atoms with Crippen LogP contribution in [-0.4, -0.2) is 31.8 Å². The van der Waals surface area contributed by atoms with Crippen molar-refractivity contribution in [1.29, 1.82) is 0 Å². The van der Waals surface area contributed by atoms with E-state index in [1.807, 2.05) is 6.92 Å². The van der Waals surface area contributed by atoms with Crippen molar-refractivity contribution in [2.75, 3.05) is 13.2 Å². The van der Waals surface area contributed by atoms with Gasteiger partial charge in [0.15, 0.2) is 6.29 Å². The third-order valence-electron chi connectivity index (χ3n) is 5.61. The normalized spacial score (nSPS) is 37.5. The molecule has 0 N–H and O–H groups in total. The lowest BCUT2D eigenvalue weighted by Gasteiger charge is -2.39. The minimum Gasteiger partial charge on any atom is -0.352 e. The van der Waals surface area contributed by atoms with Crippen LogP contribution in [0.2, 0.25) is 0 Å². The van der Waals surface area contributed by atoms with Gasteiger partial charge in [0, 0.05) is 11.8 Å². The van der Waals surface area contributed by atoms with E-state index in [4.69, 9.17) is 9.47 Å². The fourth-order valence-electron chi connectivity index (χ4n) is 3.78. The van der Waals surface area contributed by atoms with Crippen molar-refractivity contribution >= 4 is 0 Å². The monoisotopic (exact) mass is 318 g/mol. The molecule has 0 aromatic carbocycles. The predicted octanol–water partition coefficient (Wildman–Crippen LogP) is 4.91. The maximum Gasteiger partial charge on any atom is 0.160 e. The first-order valence-corrected chi connectivity index (χ1v) is 9.02. The molecule has 1 saturated carbocycles. The summed E-state index contributed by atoms with van der Waals surface area (Å²) in [6.07, 6.45) is 2.89. The summed E-state index contributed by atoms with van der Waals surface area (Å²) in [6.45, 7) is 7.01. The molecule has 2 nitrogen and oxygen atoms in total. The first-order chi connectivity index (χ1) is 10.5. The molecule has 0 amide bonds. The number of hydrogen-bond donors (Lipinski definition) is 0. The van der Waals surface area contributed by atoms with Crippen LogP contribution < -0.4 is 0 Å². The maximum atomic E-state index is 13.6. The number of rotatable bonds is 6. The lowest BCUT2D eigenvalue weighted by molar-refractivity contribution is -0.235. The van der Waals surface area contributed by atoms with E-state index in [-0.39, 0.29) is 18.6 Å². The molecular weight excluding hydrogens is 286 g/mol. The fourth-order valence-corrected chi connectivity index (χ4v) is 3.78. The number of alkyl halides is 2. The van der Waals surface area contributed by atoms with Crippen molar-refractivity contribution in [1.82, 2.24) is 0 Å². The molecule has 0 aromatic rings. The van der Waals surface area contributed by atoms with Gasteiger partial charge >= 0.3 is 0 Å². The van der Waals surface area contributed by atoms with Crippen molar-refractivity contribution < 1.29 is 18.3 Å². The van der Waals surface area contributed by atoms with E-state index in [0.717, 1.165) is 12.3 Å². The highest BCUT2D eigenvalue weighted by Crippen LogP contribution is 2.36. The molecular formula is C18H32F2O2. The van der Waals surface area contributed by atoms with Crippen LogP contribution in [0.5, 0.6) is 0 Å². The van der Waals surface area contributed by atoms with E-state index in [2.05, 4.69) is 6.92 Å². The highest BCUT2D eigenvalue weighted by atomic mass is 19.2. The molecule has 1 saturated heterocycles. The number of halogens is 2. The van der Waals surface area contributed by atoms with Gasteiger partial charge in [-0.15, -0.1) is 0 Å². The molecule has 1 aliphatic heterocycles. The second kappa shape index (κ2) is 8.58. The topological polar surface area (TPSA) is 18.5 Å². The summed E-state index contributed by atoms with van der Waals surface area (Å²) in [5.74, 6) is 1.98. The van der Waals surface area contributed by atoms with Crippen molar-refractivity contribution in [3.63, 3.8) is 0 Å². The highest BCUT2D eigenvalue weighted by molar-refractivity contribution is 4.80. The first kappa shape index (κ1) is 18.1. The van der Waals surface area contributed by atoms with Crippen molar-refractivity contribution in [2.45, 2.75) is 77.9 Å². The molecule has 0 aromatic heterocycles. The molecule has 0 radical (unpaired) electrons. The van der Waals surface area contributed by atoms with E-state index in [1.54, 1.807) is 0 Å². The van der Waals surface area contributed by atoms with Crippen LogP contribution in [0.15, 0.2) is 0 Å². The van der Waals surface area contributed by atoms with E-state index >= 15 is 0 Å². The van der Waals surface area contributed by atoms with Gasteiger partial charge in [0.05, 0.1) is 13.2 Å². The third kappa shape index (κ3) is 4.89. The Bertz CT molecular complexity index is 308. The zero-order chi connectivity index (χ0) is 16.1. The lowest BCUT2D eigenvalue weighted by atomic mass is 9.76. The summed E-state index contributed by atoms with van der Waals surface area (Å²) in [5, 5.41) is 0. The molecule has 3 unspecified atom stereocenters. The van der Waals surface area contributed by atoms with E-state index in [1.165, 1.54) is 32.6 Å². The average Bonchev–Trinajstić information content (AvgIpc) is 2.53. The summed E-state index contributed by atoms with van der Waals surface area (Å²) < 4.78 is 38.5. The molecule has 4 heteroatoms. The Hall–Kier alpha value is -0.220. The first-order valence-electron chi connectivity index (χ1n) is 9.02. The Kier molecular flexibility index (Phi) is 7.07. The van der Waals surface area contributed by atoms with Gasteiger partial charge in [0.25, 0.3) is 0 Å². The second-order valence-corrected chi connectivity index (χ2v) is 7.41. The Morgan fingerprint density at radius 2 is 1.59 bits per heavy atom. The van der Waals surface area contributed by atoms with Crippen LogP contribution >= 0.6 is 0 Å². The second-order valence-electron chi connectivity index (χ2n) is 7.41. The van der Waals surface area contributed by atoms with E-state index in [0.29, 0.717) is 25.0 Å². The SMILES string of the molecule is CCC(CC(F)C(C)F)C1OCC(C2CCC(C)CC2)CO1. The highest BCUT2D eigenvalue weighted by Gasteiger charge is 2.35. The molecule has 1 aliphatic carbocycles. The Morgan fingerprint density at radius 1 is 1.00 bits per heavy atom. The smallest absolute Gasteiger partial charge is 0.160 e. The average molecular weight is 318 g/mol. The van der Waals surface area contributed by atoms with Crippen LogP contribution in [0.3, 0.4) is 0 Å². The Labute approximate surface area is 133 Å². The molecule has 2 aliphatic rings. The zero-order valence-electron chi connectivity index (χ0n) is 14.3. The van der Waals surface area contributed by atoms with Crippen LogP contribution in [0.25, 0.3) is 0 Å². The fraction of sp³-hybridized carbons (Fsp3) is 1.00. The molecule has 2 rings (SSSR count). The predicted molar refractivity (Wildman–Crippen MR) is 84.2 cm³/mol. The molecule has 0 bridgehead atoms. The largest absolute Gasteiger partial charge is 0.352 e.